The molecule has 1 aromatic rings. The Morgan fingerprint density at radius 2 is 1.58 bits per heavy atom. The van der Waals surface area contributed by atoms with Crippen LogP contribution >= 0.6 is 0 Å². The lowest BCUT2D eigenvalue weighted by molar-refractivity contribution is -0.137. The summed E-state index contributed by atoms with van der Waals surface area (Å²) < 4.78 is 0. The van der Waals surface area contributed by atoms with E-state index in [9.17, 15) is 9.59 Å². The molecular formula is C20H28N2O2. The minimum Gasteiger partial charge on any atom is -0.349 e. The third-order valence-corrected chi connectivity index (χ3v) is 5.52. The molecule has 3 rings (SSSR count). The Bertz CT molecular complexity index is 558. The second kappa shape index (κ2) is 7.82. The number of nitrogens with one attached hydrogen (secondary N) is 1. The van der Waals surface area contributed by atoms with Crippen LogP contribution in [0.4, 0.5) is 0 Å². The third kappa shape index (κ3) is 3.97. The molecule has 2 fully saturated rings. The average molecular weight is 328 g/mol. The lowest BCUT2D eigenvalue weighted by Crippen LogP contribution is -2.39. The number of hydrogen-bond donors (Lipinski definition) is 1. The van der Waals surface area contributed by atoms with Crippen LogP contribution in [0.25, 0.3) is 0 Å². The van der Waals surface area contributed by atoms with Crippen LogP contribution in [0.5, 0.6) is 0 Å². The molecule has 2 aliphatic rings. The maximum Gasteiger partial charge on any atom is 0.225 e. The van der Waals surface area contributed by atoms with Crippen molar-refractivity contribution in [2.45, 2.75) is 51.5 Å². The van der Waals surface area contributed by atoms with E-state index in [2.05, 4.69) is 5.32 Å². The highest BCUT2D eigenvalue weighted by Crippen LogP contribution is 2.31. The predicted octanol–water partition coefficient (Wildman–Crippen LogP) is 3.29. The third-order valence-electron chi connectivity index (χ3n) is 5.52. The maximum absolute atomic E-state index is 12.5. The zero-order valence-corrected chi connectivity index (χ0v) is 14.5. The number of rotatable bonds is 4. The van der Waals surface area contributed by atoms with Crippen LogP contribution in [0.15, 0.2) is 30.3 Å². The van der Waals surface area contributed by atoms with Crippen LogP contribution in [0, 0.1) is 11.8 Å². The van der Waals surface area contributed by atoms with Gasteiger partial charge in [-0.15, -0.1) is 0 Å². The highest BCUT2D eigenvalue weighted by Gasteiger charge is 2.33. The standard InChI is InChI=1S/C20H28N2O2/c1-15(16-7-3-2-4-8-16)21-19(23)17-9-11-18(12-10-17)20(24)22-13-5-6-14-22/h2-4,7-8,15,17-18H,5-6,9-14H2,1H3,(H,21,23). The number of nitrogens with zero attached hydrogens (tertiary/aromatic N) is 1. The minimum atomic E-state index is 0.0302. The normalized spacial score (nSPS) is 25.3. The summed E-state index contributed by atoms with van der Waals surface area (Å²) in [6.07, 6.45) is 5.65. The summed E-state index contributed by atoms with van der Waals surface area (Å²) >= 11 is 0. The van der Waals surface area contributed by atoms with Gasteiger partial charge in [0.05, 0.1) is 6.04 Å². The second-order valence-electron chi connectivity index (χ2n) is 7.22. The van der Waals surface area contributed by atoms with E-state index in [1.54, 1.807) is 0 Å². The second-order valence-corrected chi connectivity index (χ2v) is 7.22. The Kier molecular flexibility index (Phi) is 5.54. The lowest BCUT2D eigenvalue weighted by atomic mass is 9.80. The molecule has 2 amide bonds. The molecule has 0 radical (unpaired) electrons. The highest BCUT2D eigenvalue weighted by atomic mass is 16.2. The van der Waals surface area contributed by atoms with Gasteiger partial charge in [0.2, 0.25) is 11.8 Å². The van der Waals surface area contributed by atoms with Crippen molar-refractivity contribution in [1.82, 2.24) is 10.2 Å². The van der Waals surface area contributed by atoms with E-state index in [0.29, 0.717) is 5.91 Å². The van der Waals surface area contributed by atoms with Gasteiger partial charge < -0.3 is 10.2 Å². The Morgan fingerprint density at radius 3 is 2.21 bits per heavy atom. The first kappa shape index (κ1) is 17.0. The summed E-state index contributed by atoms with van der Waals surface area (Å²) in [6, 6.07) is 10.1. The highest BCUT2D eigenvalue weighted by molar-refractivity contribution is 5.81. The molecule has 1 N–H and O–H groups in total. The molecule has 1 aromatic carbocycles. The molecule has 1 heterocycles. The van der Waals surface area contributed by atoms with Crippen molar-refractivity contribution in [3.8, 4) is 0 Å². The molecule has 1 saturated carbocycles. The fraction of sp³-hybridized carbons (Fsp3) is 0.600. The van der Waals surface area contributed by atoms with Gasteiger partial charge in [-0.2, -0.15) is 0 Å². The number of hydrogen-bond acceptors (Lipinski definition) is 2. The van der Waals surface area contributed by atoms with Gasteiger partial charge in [-0.3, -0.25) is 9.59 Å². The van der Waals surface area contributed by atoms with Gasteiger partial charge in [0, 0.05) is 24.9 Å². The number of carbonyl (C=O) groups excluding carboxylic acids is 2. The zero-order valence-electron chi connectivity index (χ0n) is 14.5. The monoisotopic (exact) mass is 328 g/mol. The van der Waals surface area contributed by atoms with E-state index in [1.165, 1.54) is 0 Å². The predicted molar refractivity (Wildman–Crippen MR) is 94.3 cm³/mol. The van der Waals surface area contributed by atoms with Gasteiger partial charge in [-0.1, -0.05) is 30.3 Å². The summed E-state index contributed by atoms with van der Waals surface area (Å²) in [6.45, 7) is 3.87. The van der Waals surface area contributed by atoms with Crippen LogP contribution < -0.4 is 5.32 Å². The van der Waals surface area contributed by atoms with Crippen molar-refractivity contribution in [3.05, 3.63) is 35.9 Å². The molecule has 0 bridgehead atoms. The largest absolute Gasteiger partial charge is 0.349 e. The molecule has 1 aliphatic heterocycles. The first-order valence-electron chi connectivity index (χ1n) is 9.29. The van der Waals surface area contributed by atoms with Crippen molar-refractivity contribution in [2.75, 3.05) is 13.1 Å². The quantitative estimate of drug-likeness (QED) is 0.922. The molecule has 1 unspecified atom stereocenters. The summed E-state index contributed by atoms with van der Waals surface area (Å²) in [7, 11) is 0. The summed E-state index contributed by atoms with van der Waals surface area (Å²) in [5, 5.41) is 3.13. The molecule has 4 heteroatoms. The number of carbonyl (C=O) groups is 2. The SMILES string of the molecule is CC(NC(=O)C1CCC(C(=O)N2CCCC2)CC1)c1ccccc1. The summed E-state index contributed by atoms with van der Waals surface area (Å²) in [5.74, 6) is 0.653. The Morgan fingerprint density at radius 1 is 1.00 bits per heavy atom. The molecule has 0 aromatic heterocycles. The first-order valence-corrected chi connectivity index (χ1v) is 9.29. The Labute approximate surface area is 144 Å². The van der Waals surface area contributed by atoms with E-state index in [-0.39, 0.29) is 23.8 Å². The molecule has 1 saturated heterocycles. The van der Waals surface area contributed by atoms with Crippen LogP contribution in [0.1, 0.15) is 57.1 Å². The van der Waals surface area contributed by atoms with Crippen molar-refractivity contribution in [3.63, 3.8) is 0 Å². The number of likely N-dealkylation sites (tertiary alicyclic amines) is 1. The molecular weight excluding hydrogens is 300 g/mol. The summed E-state index contributed by atoms with van der Waals surface area (Å²) in [4.78, 5) is 27.0. The van der Waals surface area contributed by atoms with E-state index in [0.717, 1.165) is 57.2 Å². The molecule has 24 heavy (non-hydrogen) atoms. The van der Waals surface area contributed by atoms with E-state index in [1.807, 2.05) is 42.2 Å². The van der Waals surface area contributed by atoms with Gasteiger partial charge in [0.25, 0.3) is 0 Å². The van der Waals surface area contributed by atoms with Crippen LogP contribution in [0.2, 0.25) is 0 Å². The summed E-state index contributed by atoms with van der Waals surface area (Å²) in [5.41, 5.74) is 1.13. The molecule has 4 nitrogen and oxygen atoms in total. The molecule has 1 aliphatic carbocycles. The zero-order chi connectivity index (χ0) is 16.9. The molecule has 0 spiro atoms. The average Bonchev–Trinajstić information content (AvgIpc) is 3.16. The van der Waals surface area contributed by atoms with Gasteiger partial charge in [-0.05, 0) is 51.0 Å². The molecule has 1 atom stereocenters. The first-order chi connectivity index (χ1) is 11.6. The van der Waals surface area contributed by atoms with Gasteiger partial charge in [0.1, 0.15) is 0 Å². The van der Waals surface area contributed by atoms with Gasteiger partial charge in [-0.25, -0.2) is 0 Å². The lowest BCUT2D eigenvalue weighted by Gasteiger charge is -2.30. The smallest absolute Gasteiger partial charge is 0.225 e. The van der Waals surface area contributed by atoms with E-state index in [4.69, 9.17) is 0 Å². The van der Waals surface area contributed by atoms with E-state index < -0.39 is 0 Å². The van der Waals surface area contributed by atoms with Crippen LogP contribution in [-0.4, -0.2) is 29.8 Å². The minimum absolute atomic E-state index is 0.0302. The molecule has 130 valence electrons. The van der Waals surface area contributed by atoms with Gasteiger partial charge in [0.15, 0.2) is 0 Å². The number of benzene rings is 1. The topological polar surface area (TPSA) is 49.4 Å². The van der Waals surface area contributed by atoms with E-state index >= 15 is 0 Å². The van der Waals surface area contributed by atoms with Crippen LogP contribution in [0.3, 0.4) is 0 Å². The Hall–Kier alpha value is -1.84. The maximum atomic E-state index is 12.5. The number of amides is 2. The van der Waals surface area contributed by atoms with Gasteiger partial charge >= 0.3 is 0 Å². The Balaban J connectivity index is 1.47. The fourth-order valence-electron chi connectivity index (χ4n) is 3.95. The van der Waals surface area contributed by atoms with Crippen molar-refractivity contribution in [1.29, 1.82) is 0 Å². The van der Waals surface area contributed by atoms with Crippen molar-refractivity contribution < 1.29 is 9.59 Å². The van der Waals surface area contributed by atoms with Crippen LogP contribution in [-0.2, 0) is 9.59 Å². The fourth-order valence-corrected chi connectivity index (χ4v) is 3.95. The van der Waals surface area contributed by atoms with Crippen molar-refractivity contribution in [2.24, 2.45) is 11.8 Å². The van der Waals surface area contributed by atoms with Crippen molar-refractivity contribution >= 4 is 11.8 Å².